The van der Waals surface area contributed by atoms with E-state index >= 15 is 0 Å². The average Bonchev–Trinajstić information content (AvgIpc) is 2.76. The molecule has 2 aromatic carbocycles. The van der Waals surface area contributed by atoms with Crippen molar-refractivity contribution in [1.29, 1.82) is 0 Å². The lowest BCUT2D eigenvalue weighted by Gasteiger charge is -2.30. The first kappa shape index (κ1) is 20.8. The fourth-order valence-corrected chi connectivity index (χ4v) is 3.85. The van der Waals surface area contributed by atoms with Gasteiger partial charge in [0, 0.05) is 24.5 Å². The Morgan fingerprint density at radius 1 is 0.871 bits per heavy atom. The Balaban J connectivity index is 1.70. The van der Waals surface area contributed by atoms with Crippen LogP contribution in [0.3, 0.4) is 0 Å². The molecule has 0 spiro atoms. The summed E-state index contributed by atoms with van der Waals surface area (Å²) in [6.07, 6.45) is 0.906. The highest BCUT2D eigenvalue weighted by atomic mass is 16.5. The van der Waals surface area contributed by atoms with Crippen molar-refractivity contribution >= 4 is 22.7 Å². The van der Waals surface area contributed by atoms with Gasteiger partial charge in [0.1, 0.15) is 5.82 Å². The number of nitrogens with zero attached hydrogens (tertiary/aromatic N) is 3. The van der Waals surface area contributed by atoms with Crippen LogP contribution in [0.25, 0.3) is 10.9 Å². The highest BCUT2D eigenvalue weighted by molar-refractivity contribution is 5.91. The second-order valence-corrected chi connectivity index (χ2v) is 7.74. The molecule has 1 aromatic heterocycles. The minimum absolute atomic E-state index is 0.0576. The molecule has 0 saturated carbocycles. The normalized spacial score (nSPS) is 13.3. The summed E-state index contributed by atoms with van der Waals surface area (Å²) in [7, 11) is 4.85. The van der Waals surface area contributed by atoms with Gasteiger partial charge in [-0.15, -0.1) is 0 Å². The third-order valence-electron chi connectivity index (χ3n) is 5.36. The minimum Gasteiger partial charge on any atom is -0.493 e. The van der Waals surface area contributed by atoms with Crippen LogP contribution < -0.4 is 29.6 Å². The number of ether oxygens (including phenoxy) is 4. The average molecular weight is 425 g/mol. The van der Waals surface area contributed by atoms with Gasteiger partial charge in [-0.25, -0.2) is 4.98 Å². The molecule has 1 aliphatic heterocycles. The molecule has 0 aliphatic carbocycles. The van der Waals surface area contributed by atoms with Gasteiger partial charge in [-0.2, -0.15) is 4.98 Å². The van der Waals surface area contributed by atoms with Crippen LogP contribution in [-0.2, 0) is 13.0 Å². The van der Waals surface area contributed by atoms with E-state index in [9.17, 15) is 0 Å². The van der Waals surface area contributed by atoms with Gasteiger partial charge in [0.25, 0.3) is 0 Å². The Morgan fingerprint density at radius 3 is 2.19 bits per heavy atom. The van der Waals surface area contributed by atoms with Gasteiger partial charge in [0.2, 0.25) is 5.95 Å². The van der Waals surface area contributed by atoms with Crippen molar-refractivity contribution in [2.45, 2.75) is 32.9 Å². The molecule has 2 heterocycles. The zero-order valence-electron chi connectivity index (χ0n) is 18.6. The zero-order chi connectivity index (χ0) is 22.1. The number of aromatic nitrogens is 2. The van der Waals surface area contributed by atoms with Gasteiger partial charge >= 0.3 is 0 Å². The maximum Gasteiger partial charge on any atom is 0.228 e. The van der Waals surface area contributed by atoms with E-state index in [4.69, 9.17) is 29.7 Å². The lowest BCUT2D eigenvalue weighted by Crippen LogP contribution is -2.32. The van der Waals surface area contributed by atoms with Gasteiger partial charge < -0.3 is 29.6 Å². The summed E-state index contributed by atoms with van der Waals surface area (Å²) in [6.45, 7) is 5.44. The van der Waals surface area contributed by atoms with Crippen LogP contribution in [0.15, 0.2) is 24.3 Å². The molecule has 4 rings (SSSR count). The number of hydrogen-bond acceptors (Lipinski definition) is 8. The first-order chi connectivity index (χ1) is 14.9. The molecule has 3 aromatic rings. The molecule has 31 heavy (non-hydrogen) atoms. The van der Waals surface area contributed by atoms with Crippen molar-refractivity contribution in [3.63, 3.8) is 0 Å². The molecule has 0 amide bonds. The SMILES string of the molecule is COc1cc2nc(N3CCc4cc(OC)c(OC(C)C)cc4C3)nc(N)c2cc1OC. The van der Waals surface area contributed by atoms with Crippen molar-refractivity contribution < 1.29 is 18.9 Å². The Morgan fingerprint density at radius 2 is 1.52 bits per heavy atom. The summed E-state index contributed by atoms with van der Waals surface area (Å²) in [6, 6.07) is 7.75. The highest BCUT2D eigenvalue weighted by Crippen LogP contribution is 2.37. The molecular weight excluding hydrogens is 396 g/mol. The van der Waals surface area contributed by atoms with E-state index in [0.717, 1.165) is 35.4 Å². The lowest BCUT2D eigenvalue weighted by molar-refractivity contribution is 0.229. The van der Waals surface area contributed by atoms with Gasteiger partial charge in [-0.3, -0.25) is 0 Å². The first-order valence-corrected chi connectivity index (χ1v) is 10.2. The number of benzene rings is 2. The van der Waals surface area contributed by atoms with Crippen LogP contribution in [0.2, 0.25) is 0 Å². The van der Waals surface area contributed by atoms with Gasteiger partial charge in [-0.05, 0) is 49.6 Å². The largest absolute Gasteiger partial charge is 0.493 e. The Kier molecular flexibility index (Phi) is 5.63. The maximum absolute atomic E-state index is 6.28. The Hall–Kier alpha value is -3.42. The van der Waals surface area contributed by atoms with Crippen molar-refractivity contribution in [2.24, 2.45) is 0 Å². The second-order valence-electron chi connectivity index (χ2n) is 7.74. The molecule has 8 nitrogen and oxygen atoms in total. The maximum atomic E-state index is 6.28. The van der Waals surface area contributed by atoms with Crippen LogP contribution in [0, 0.1) is 0 Å². The molecule has 0 unspecified atom stereocenters. The lowest BCUT2D eigenvalue weighted by atomic mass is 9.99. The van der Waals surface area contributed by atoms with Crippen LogP contribution in [0.1, 0.15) is 25.0 Å². The Bertz CT molecular complexity index is 1120. The van der Waals surface area contributed by atoms with E-state index in [0.29, 0.717) is 35.3 Å². The first-order valence-electron chi connectivity index (χ1n) is 10.2. The van der Waals surface area contributed by atoms with Crippen molar-refractivity contribution in [3.8, 4) is 23.0 Å². The predicted octanol–water partition coefficient (Wildman–Crippen LogP) is 3.59. The molecular formula is C23H28N4O4. The third-order valence-corrected chi connectivity index (χ3v) is 5.36. The van der Waals surface area contributed by atoms with Gasteiger partial charge in [0.15, 0.2) is 23.0 Å². The number of nitrogens with two attached hydrogens (primary N) is 1. The monoisotopic (exact) mass is 424 g/mol. The molecule has 8 heteroatoms. The van der Waals surface area contributed by atoms with Crippen LogP contribution in [0.5, 0.6) is 23.0 Å². The molecule has 0 bridgehead atoms. The number of rotatable bonds is 6. The number of fused-ring (bicyclic) bond motifs is 2. The molecule has 0 radical (unpaired) electrons. The number of anilines is 2. The van der Waals surface area contributed by atoms with Crippen LogP contribution in [0.4, 0.5) is 11.8 Å². The third kappa shape index (κ3) is 3.97. The fourth-order valence-electron chi connectivity index (χ4n) is 3.85. The summed E-state index contributed by atoms with van der Waals surface area (Å²) >= 11 is 0. The van der Waals surface area contributed by atoms with E-state index in [1.165, 1.54) is 5.56 Å². The number of methoxy groups -OCH3 is 3. The zero-order valence-corrected chi connectivity index (χ0v) is 18.6. The predicted molar refractivity (Wildman–Crippen MR) is 121 cm³/mol. The summed E-state index contributed by atoms with van der Waals surface area (Å²) in [5.41, 5.74) is 9.40. The molecule has 2 N–H and O–H groups in total. The molecule has 0 fully saturated rings. The molecule has 0 atom stereocenters. The summed E-state index contributed by atoms with van der Waals surface area (Å²) in [5.74, 6) is 3.69. The highest BCUT2D eigenvalue weighted by Gasteiger charge is 2.23. The summed E-state index contributed by atoms with van der Waals surface area (Å²) in [4.78, 5) is 11.5. The molecule has 164 valence electrons. The topological polar surface area (TPSA) is 92.0 Å². The van der Waals surface area contributed by atoms with Gasteiger partial charge in [-0.1, -0.05) is 0 Å². The van der Waals surface area contributed by atoms with E-state index in [1.54, 1.807) is 27.4 Å². The molecule has 1 aliphatic rings. The fraction of sp³-hybridized carbons (Fsp3) is 0.391. The van der Waals surface area contributed by atoms with E-state index in [-0.39, 0.29) is 6.10 Å². The van der Waals surface area contributed by atoms with Crippen LogP contribution in [-0.4, -0.2) is 43.9 Å². The molecule has 0 saturated heterocycles. The van der Waals surface area contributed by atoms with Crippen molar-refractivity contribution in [2.75, 3.05) is 38.5 Å². The van der Waals surface area contributed by atoms with Crippen molar-refractivity contribution in [1.82, 2.24) is 9.97 Å². The Labute approximate surface area is 181 Å². The van der Waals surface area contributed by atoms with Crippen molar-refractivity contribution in [3.05, 3.63) is 35.4 Å². The quantitative estimate of drug-likeness (QED) is 0.642. The summed E-state index contributed by atoms with van der Waals surface area (Å²) < 4.78 is 22.3. The second kappa shape index (κ2) is 8.37. The number of hydrogen-bond donors (Lipinski definition) is 1. The van der Waals surface area contributed by atoms with E-state index < -0.39 is 0 Å². The number of nitrogen functional groups attached to an aromatic ring is 1. The van der Waals surface area contributed by atoms with Gasteiger partial charge in [0.05, 0.1) is 33.0 Å². The smallest absolute Gasteiger partial charge is 0.228 e. The standard InChI is InChI=1S/C23H28N4O4/c1-13(2)31-21-9-15-12-27(7-6-14(15)8-18(21)28-3)23-25-17-11-20(30-5)19(29-4)10-16(17)22(24)26-23/h8-11,13H,6-7,12H2,1-5H3,(H2,24,25,26). The van der Waals surface area contributed by atoms with Crippen LogP contribution >= 0.6 is 0 Å². The minimum atomic E-state index is 0.0576. The van der Waals surface area contributed by atoms with E-state index in [2.05, 4.69) is 22.0 Å². The van der Waals surface area contributed by atoms with E-state index in [1.807, 2.05) is 19.9 Å². The summed E-state index contributed by atoms with van der Waals surface area (Å²) in [5, 5.41) is 0.733.